The number of rotatable bonds is 3. The third-order valence-electron chi connectivity index (χ3n) is 2.40. The van der Waals surface area contributed by atoms with Crippen molar-refractivity contribution < 1.29 is 20.4 Å². The lowest BCUT2D eigenvalue weighted by atomic mass is 9.91. The van der Waals surface area contributed by atoms with E-state index in [2.05, 4.69) is 5.73 Å². The molecule has 0 amide bonds. The fraction of sp³-hybridized carbons (Fsp3) is 0.364. The molecule has 0 saturated carbocycles. The number of methoxy groups -OCH3 is 1. The highest BCUT2D eigenvalue weighted by atomic mass is 16.5. The Bertz CT molecular complexity index is 385. The van der Waals surface area contributed by atoms with E-state index < -0.39 is 11.5 Å². The molecule has 3 N–H and O–H groups in total. The first-order chi connectivity index (χ1) is 6.89. The molecule has 0 bridgehead atoms. The predicted octanol–water partition coefficient (Wildman–Crippen LogP) is -0.789. The second-order valence-electron chi connectivity index (χ2n) is 3.82. The summed E-state index contributed by atoms with van der Waals surface area (Å²) in [4.78, 5) is 11.0. The molecule has 15 heavy (non-hydrogen) atoms. The third-order valence-corrected chi connectivity index (χ3v) is 2.40. The van der Waals surface area contributed by atoms with Crippen molar-refractivity contribution in [2.75, 3.05) is 7.11 Å². The van der Waals surface area contributed by atoms with Crippen molar-refractivity contribution in [1.82, 2.24) is 0 Å². The number of hydrogen-bond acceptors (Lipinski definition) is 3. The fourth-order valence-electron chi connectivity index (χ4n) is 1.36. The Morgan fingerprint density at radius 2 is 2.13 bits per heavy atom. The molecule has 0 unspecified atom stereocenters. The highest BCUT2D eigenvalue weighted by Crippen LogP contribution is 2.27. The molecule has 1 aromatic carbocycles. The minimum atomic E-state index is -1.29. The molecule has 0 aliphatic rings. The molecule has 82 valence electrons. The molecule has 0 radical (unpaired) electrons. The Morgan fingerprint density at radius 1 is 1.53 bits per heavy atom. The predicted molar refractivity (Wildman–Crippen MR) is 53.0 cm³/mol. The van der Waals surface area contributed by atoms with Crippen molar-refractivity contribution in [3.8, 4) is 5.75 Å². The van der Waals surface area contributed by atoms with Crippen molar-refractivity contribution >= 4 is 5.97 Å². The van der Waals surface area contributed by atoms with Gasteiger partial charge in [-0.3, -0.25) is 0 Å². The zero-order valence-corrected chi connectivity index (χ0v) is 9.16. The maximum absolute atomic E-state index is 11.0. The van der Waals surface area contributed by atoms with Crippen LogP contribution in [-0.4, -0.2) is 13.1 Å². The molecule has 0 fully saturated rings. The van der Waals surface area contributed by atoms with Crippen molar-refractivity contribution in [2.45, 2.75) is 19.4 Å². The van der Waals surface area contributed by atoms with Gasteiger partial charge in [-0.2, -0.15) is 0 Å². The summed E-state index contributed by atoms with van der Waals surface area (Å²) in [5.74, 6) is -0.700. The fourth-order valence-corrected chi connectivity index (χ4v) is 1.36. The largest absolute Gasteiger partial charge is 0.543 e. The zero-order valence-electron chi connectivity index (χ0n) is 9.16. The number of hydrogen-bond donors (Lipinski definition) is 1. The van der Waals surface area contributed by atoms with E-state index in [4.69, 9.17) is 4.74 Å². The average molecular weight is 209 g/mol. The van der Waals surface area contributed by atoms with E-state index >= 15 is 0 Å². The molecule has 0 aliphatic carbocycles. The number of quaternary nitrogens is 1. The van der Waals surface area contributed by atoms with E-state index in [9.17, 15) is 9.90 Å². The van der Waals surface area contributed by atoms with Crippen LogP contribution in [0, 0.1) is 6.92 Å². The molecule has 4 nitrogen and oxygen atoms in total. The van der Waals surface area contributed by atoms with Crippen LogP contribution in [-0.2, 0) is 10.3 Å². The van der Waals surface area contributed by atoms with E-state index in [1.165, 1.54) is 14.0 Å². The Kier molecular flexibility index (Phi) is 3.00. The van der Waals surface area contributed by atoms with Gasteiger partial charge in [0, 0.05) is 6.92 Å². The number of carboxylic acid groups (broad SMARTS) is 1. The third kappa shape index (κ3) is 2.10. The van der Waals surface area contributed by atoms with Crippen molar-refractivity contribution in [3.63, 3.8) is 0 Å². The summed E-state index contributed by atoms with van der Waals surface area (Å²) in [5, 5.41) is 11.0. The maximum Gasteiger partial charge on any atom is 0.161 e. The van der Waals surface area contributed by atoms with Crippen molar-refractivity contribution in [2.24, 2.45) is 0 Å². The number of aliphatic carboxylic acids is 1. The van der Waals surface area contributed by atoms with E-state index in [1.54, 1.807) is 12.1 Å². The molecule has 0 spiro atoms. The zero-order chi connectivity index (χ0) is 11.6. The lowest BCUT2D eigenvalue weighted by Gasteiger charge is -2.24. The molecule has 0 aromatic heterocycles. The summed E-state index contributed by atoms with van der Waals surface area (Å²) in [6.07, 6.45) is 0. The van der Waals surface area contributed by atoms with Gasteiger partial charge < -0.3 is 20.4 Å². The Labute approximate surface area is 88.7 Å². The molecular weight excluding hydrogens is 194 g/mol. The van der Waals surface area contributed by atoms with Gasteiger partial charge in [0.05, 0.1) is 12.7 Å². The van der Waals surface area contributed by atoms with Crippen molar-refractivity contribution in [1.29, 1.82) is 0 Å². The first-order valence-electron chi connectivity index (χ1n) is 4.61. The second kappa shape index (κ2) is 3.90. The van der Waals surface area contributed by atoms with Gasteiger partial charge in [0.2, 0.25) is 0 Å². The van der Waals surface area contributed by atoms with Crippen LogP contribution >= 0.6 is 0 Å². The highest BCUT2D eigenvalue weighted by Gasteiger charge is 2.30. The topological polar surface area (TPSA) is 77.0 Å². The average Bonchev–Trinajstić information content (AvgIpc) is 2.17. The minimum Gasteiger partial charge on any atom is -0.543 e. The summed E-state index contributed by atoms with van der Waals surface area (Å²) in [6.45, 7) is 3.38. The SMILES string of the molecule is COc1ccc(C)cc1[C@](C)([NH3+])C(=O)[O-]. The number of ether oxygens (including phenoxy) is 1. The maximum atomic E-state index is 11.0. The standard InChI is InChI=1S/C11H15NO3/c1-7-4-5-9(15-3)8(6-7)11(2,12)10(13)14/h4-6H,12H2,1-3H3,(H,13,14)/t11-/m0/s1. The van der Waals surface area contributed by atoms with Crippen LogP contribution in [0.3, 0.4) is 0 Å². The van der Waals surface area contributed by atoms with E-state index in [-0.39, 0.29) is 0 Å². The minimum absolute atomic E-state index is 0.516. The summed E-state index contributed by atoms with van der Waals surface area (Å²) in [6, 6.07) is 5.34. The van der Waals surface area contributed by atoms with Crippen LogP contribution in [0.1, 0.15) is 18.1 Å². The Morgan fingerprint density at radius 3 is 2.60 bits per heavy atom. The highest BCUT2D eigenvalue weighted by molar-refractivity contribution is 5.77. The summed E-state index contributed by atoms with van der Waals surface area (Å²) in [7, 11) is 1.50. The number of carbonyl (C=O) groups is 1. The Balaban J connectivity index is 3.34. The van der Waals surface area contributed by atoms with Gasteiger partial charge in [0.15, 0.2) is 5.54 Å². The van der Waals surface area contributed by atoms with Crippen LogP contribution in [0.25, 0.3) is 0 Å². The molecular formula is C11H15NO3. The monoisotopic (exact) mass is 209 g/mol. The first-order valence-corrected chi connectivity index (χ1v) is 4.61. The van der Waals surface area contributed by atoms with Crippen LogP contribution in [0.5, 0.6) is 5.75 Å². The number of benzene rings is 1. The molecule has 4 heteroatoms. The van der Waals surface area contributed by atoms with Crippen LogP contribution < -0.4 is 15.6 Å². The molecule has 1 rings (SSSR count). The number of carboxylic acids is 1. The summed E-state index contributed by atoms with van der Waals surface area (Å²) in [5.41, 5.74) is 3.85. The second-order valence-corrected chi connectivity index (χ2v) is 3.82. The van der Waals surface area contributed by atoms with Gasteiger partial charge in [-0.1, -0.05) is 11.6 Å². The smallest absolute Gasteiger partial charge is 0.161 e. The first kappa shape index (κ1) is 11.5. The lowest BCUT2D eigenvalue weighted by Crippen LogP contribution is -2.75. The van der Waals surface area contributed by atoms with Gasteiger partial charge in [-0.15, -0.1) is 0 Å². The molecule has 0 aliphatic heterocycles. The molecule has 1 atom stereocenters. The van der Waals surface area contributed by atoms with Gasteiger partial charge >= 0.3 is 0 Å². The quantitative estimate of drug-likeness (QED) is 0.708. The van der Waals surface area contributed by atoms with Crippen LogP contribution in [0.15, 0.2) is 18.2 Å². The number of aryl methyl sites for hydroxylation is 1. The van der Waals surface area contributed by atoms with Crippen molar-refractivity contribution in [3.05, 3.63) is 29.3 Å². The van der Waals surface area contributed by atoms with E-state index in [0.717, 1.165) is 5.56 Å². The Hall–Kier alpha value is -1.55. The van der Waals surface area contributed by atoms with Gasteiger partial charge in [0.25, 0.3) is 0 Å². The summed E-state index contributed by atoms with van der Waals surface area (Å²) < 4.78 is 5.11. The van der Waals surface area contributed by atoms with Gasteiger partial charge in [-0.05, 0) is 19.1 Å². The van der Waals surface area contributed by atoms with Gasteiger partial charge in [-0.25, -0.2) is 0 Å². The lowest BCUT2D eigenvalue weighted by molar-refractivity contribution is -0.489. The van der Waals surface area contributed by atoms with E-state index in [1.807, 2.05) is 13.0 Å². The van der Waals surface area contributed by atoms with Gasteiger partial charge in [0.1, 0.15) is 11.7 Å². The molecule has 1 aromatic rings. The molecule has 0 saturated heterocycles. The normalized spacial score (nSPS) is 14.4. The summed E-state index contributed by atoms with van der Waals surface area (Å²) >= 11 is 0. The van der Waals surface area contributed by atoms with Crippen LogP contribution in [0.2, 0.25) is 0 Å². The molecule has 0 heterocycles. The van der Waals surface area contributed by atoms with Crippen LogP contribution in [0.4, 0.5) is 0 Å². The van der Waals surface area contributed by atoms with E-state index in [0.29, 0.717) is 11.3 Å². The number of carbonyl (C=O) groups excluding carboxylic acids is 1.